The summed E-state index contributed by atoms with van der Waals surface area (Å²) in [6, 6.07) is 1.86. The van der Waals surface area contributed by atoms with Gasteiger partial charge in [0, 0.05) is 26.3 Å². The molecule has 1 aromatic carbocycles. The number of nitrogens with zero attached hydrogens (tertiary/aromatic N) is 1. The van der Waals surface area contributed by atoms with Gasteiger partial charge in [0.25, 0.3) is 5.69 Å². The van der Waals surface area contributed by atoms with Crippen molar-refractivity contribution in [2.24, 2.45) is 0 Å². The highest BCUT2D eigenvalue weighted by molar-refractivity contribution is 7.89. The molecule has 0 aliphatic carbocycles. The van der Waals surface area contributed by atoms with Crippen molar-refractivity contribution in [1.29, 1.82) is 0 Å². The highest BCUT2D eigenvalue weighted by Gasteiger charge is 2.32. The van der Waals surface area contributed by atoms with Gasteiger partial charge in [-0.05, 0) is 6.07 Å². The summed E-state index contributed by atoms with van der Waals surface area (Å²) in [4.78, 5) is 9.10. The van der Waals surface area contributed by atoms with Gasteiger partial charge in [-0.3, -0.25) is 10.1 Å². The van der Waals surface area contributed by atoms with Crippen LogP contribution in [0.15, 0.2) is 23.1 Å². The number of methoxy groups -OCH3 is 1. The average molecular weight is 319 g/mol. The Bertz CT molecular complexity index is 651. The molecule has 1 saturated heterocycles. The molecule has 0 aromatic heterocycles. The lowest BCUT2D eigenvalue weighted by Crippen LogP contribution is -2.43. The molecule has 2 rings (SSSR count). The van der Waals surface area contributed by atoms with Crippen molar-refractivity contribution in [3.8, 4) is 0 Å². The molecule has 1 aliphatic rings. The van der Waals surface area contributed by atoms with Crippen LogP contribution in [0.4, 0.5) is 10.1 Å². The Balaban J connectivity index is 2.25. The molecule has 0 bridgehead atoms. The van der Waals surface area contributed by atoms with E-state index in [4.69, 9.17) is 4.74 Å². The molecule has 10 heteroatoms. The van der Waals surface area contributed by atoms with E-state index in [0.29, 0.717) is 19.2 Å². The third-order valence-corrected chi connectivity index (χ3v) is 4.71. The number of rotatable bonds is 5. The molecule has 1 aromatic rings. The van der Waals surface area contributed by atoms with Crippen LogP contribution in [0.5, 0.6) is 0 Å². The first-order valence-corrected chi connectivity index (χ1v) is 7.53. The maximum atomic E-state index is 13.8. The van der Waals surface area contributed by atoms with Crippen LogP contribution in [-0.4, -0.2) is 45.7 Å². The van der Waals surface area contributed by atoms with Gasteiger partial charge in [-0.2, -0.15) is 0 Å². The highest BCUT2D eigenvalue weighted by Crippen LogP contribution is 2.21. The minimum Gasteiger partial charge on any atom is -0.378 e. The second-order valence-electron chi connectivity index (χ2n) is 4.53. The van der Waals surface area contributed by atoms with E-state index in [1.54, 1.807) is 0 Å². The molecule has 1 heterocycles. The molecule has 1 fully saturated rings. The molecule has 0 radical (unpaired) electrons. The van der Waals surface area contributed by atoms with Crippen LogP contribution in [0.25, 0.3) is 0 Å². The number of nitro groups is 1. The number of sulfonamides is 1. The van der Waals surface area contributed by atoms with Gasteiger partial charge in [0.1, 0.15) is 10.7 Å². The number of ether oxygens (including phenoxy) is 1. The lowest BCUT2D eigenvalue weighted by Gasteiger charge is -2.18. The number of hydrogen-bond donors (Lipinski definition) is 2. The van der Waals surface area contributed by atoms with Crippen LogP contribution in [-0.2, 0) is 14.8 Å². The van der Waals surface area contributed by atoms with Crippen molar-refractivity contribution in [3.63, 3.8) is 0 Å². The molecule has 8 nitrogen and oxygen atoms in total. The lowest BCUT2D eigenvalue weighted by molar-refractivity contribution is -0.385. The van der Waals surface area contributed by atoms with Crippen molar-refractivity contribution >= 4 is 15.7 Å². The van der Waals surface area contributed by atoms with Crippen LogP contribution in [0.2, 0.25) is 0 Å². The summed E-state index contributed by atoms with van der Waals surface area (Å²) in [5.41, 5.74) is -0.510. The fraction of sp³-hybridized carbons (Fsp3) is 0.455. The van der Waals surface area contributed by atoms with Crippen LogP contribution >= 0.6 is 0 Å². The molecule has 2 N–H and O–H groups in total. The summed E-state index contributed by atoms with van der Waals surface area (Å²) in [5, 5.41) is 13.5. The van der Waals surface area contributed by atoms with E-state index in [-0.39, 0.29) is 6.10 Å². The molecule has 0 amide bonds. The summed E-state index contributed by atoms with van der Waals surface area (Å²) >= 11 is 0. The number of benzene rings is 1. The third-order valence-electron chi connectivity index (χ3n) is 3.18. The lowest BCUT2D eigenvalue weighted by atomic mass is 10.2. The van der Waals surface area contributed by atoms with Crippen molar-refractivity contribution in [2.45, 2.75) is 17.0 Å². The number of nitro benzene ring substituents is 1. The van der Waals surface area contributed by atoms with Gasteiger partial charge in [0.05, 0.1) is 23.1 Å². The largest absolute Gasteiger partial charge is 0.378 e. The Hall–Kier alpha value is -1.62. The molecule has 2 atom stereocenters. The van der Waals surface area contributed by atoms with E-state index in [0.717, 1.165) is 12.1 Å². The molecular weight excluding hydrogens is 305 g/mol. The predicted octanol–water partition coefficient (Wildman–Crippen LogP) is -0.001000. The number of nitrogens with one attached hydrogen (secondary N) is 2. The third kappa shape index (κ3) is 3.35. The second kappa shape index (κ2) is 6.02. The second-order valence-corrected chi connectivity index (χ2v) is 6.21. The van der Waals surface area contributed by atoms with Gasteiger partial charge in [-0.15, -0.1) is 0 Å². The normalized spacial score (nSPS) is 22.4. The molecule has 1 aliphatic heterocycles. The van der Waals surface area contributed by atoms with Gasteiger partial charge < -0.3 is 10.1 Å². The van der Waals surface area contributed by atoms with Gasteiger partial charge in [0.15, 0.2) is 0 Å². The molecule has 1 unspecified atom stereocenters. The van der Waals surface area contributed by atoms with E-state index in [9.17, 15) is 22.9 Å². The van der Waals surface area contributed by atoms with E-state index in [2.05, 4.69) is 10.0 Å². The molecule has 0 saturated carbocycles. The smallest absolute Gasteiger partial charge is 0.272 e. The van der Waals surface area contributed by atoms with Gasteiger partial charge in [-0.25, -0.2) is 17.5 Å². The van der Waals surface area contributed by atoms with Gasteiger partial charge in [0.2, 0.25) is 10.0 Å². The topological polar surface area (TPSA) is 111 Å². The molecule has 0 spiro atoms. The summed E-state index contributed by atoms with van der Waals surface area (Å²) < 4.78 is 45.5. The van der Waals surface area contributed by atoms with E-state index in [1.807, 2.05) is 0 Å². The van der Waals surface area contributed by atoms with Crippen molar-refractivity contribution < 1.29 is 22.5 Å². The monoisotopic (exact) mass is 319 g/mol. The van der Waals surface area contributed by atoms with Crippen molar-refractivity contribution in [3.05, 3.63) is 34.1 Å². The zero-order valence-electron chi connectivity index (χ0n) is 11.1. The minimum atomic E-state index is -4.13. The zero-order chi connectivity index (χ0) is 15.6. The Morgan fingerprint density at radius 3 is 2.76 bits per heavy atom. The minimum absolute atomic E-state index is 0.354. The maximum Gasteiger partial charge on any atom is 0.272 e. The molecule has 116 valence electrons. The standard InChI is InChI=1S/C11H14FN3O5S/c1-20-10-6-13-5-9(10)14-21(18,19)11-3-2-7(15(16)17)4-8(11)12/h2-4,9-10,13-14H,5-6H2,1H3/t9?,10-/m0/s1. The maximum absolute atomic E-state index is 13.8. The fourth-order valence-electron chi connectivity index (χ4n) is 2.10. The van der Waals surface area contributed by atoms with Crippen molar-refractivity contribution in [2.75, 3.05) is 20.2 Å². The number of halogens is 1. The quantitative estimate of drug-likeness (QED) is 0.584. The van der Waals surface area contributed by atoms with Crippen molar-refractivity contribution in [1.82, 2.24) is 10.0 Å². The van der Waals surface area contributed by atoms with Gasteiger partial charge in [-0.1, -0.05) is 0 Å². The van der Waals surface area contributed by atoms with Crippen LogP contribution in [0.1, 0.15) is 0 Å². The Morgan fingerprint density at radius 1 is 1.48 bits per heavy atom. The SMILES string of the molecule is CO[C@H]1CNCC1NS(=O)(=O)c1ccc([N+](=O)[O-])cc1F. The first-order valence-electron chi connectivity index (χ1n) is 6.05. The summed E-state index contributed by atoms with van der Waals surface area (Å²) in [7, 11) is -2.68. The summed E-state index contributed by atoms with van der Waals surface area (Å²) in [5.74, 6) is -1.17. The number of non-ortho nitro benzene ring substituents is 1. The Labute approximate surface area is 120 Å². The van der Waals surface area contributed by atoms with E-state index >= 15 is 0 Å². The summed E-state index contributed by atoms with van der Waals surface area (Å²) in [6.07, 6.45) is -0.360. The van der Waals surface area contributed by atoms with Crippen LogP contribution < -0.4 is 10.0 Å². The van der Waals surface area contributed by atoms with Gasteiger partial charge >= 0.3 is 0 Å². The van der Waals surface area contributed by atoms with Crippen LogP contribution in [0.3, 0.4) is 0 Å². The molecular formula is C11H14FN3O5S. The van der Waals surface area contributed by atoms with Crippen LogP contribution in [0, 0.1) is 15.9 Å². The fourth-order valence-corrected chi connectivity index (χ4v) is 3.43. The molecule has 21 heavy (non-hydrogen) atoms. The Morgan fingerprint density at radius 2 is 2.19 bits per heavy atom. The van der Waals surface area contributed by atoms with E-state index < -0.39 is 37.4 Å². The summed E-state index contributed by atoms with van der Waals surface area (Å²) in [6.45, 7) is 0.832. The average Bonchev–Trinajstić information content (AvgIpc) is 2.84. The first kappa shape index (κ1) is 15.8. The number of hydrogen-bond acceptors (Lipinski definition) is 6. The Kier molecular flexibility index (Phi) is 4.52. The predicted molar refractivity (Wildman–Crippen MR) is 70.8 cm³/mol. The zero-order valence-corrected chi connectivity index (χ0v) is 11.9. The highest BCUT2D eigenvalue weighted by atomic mass is 32.2. The van der Waals surface area contributed by atoms with E-state index in [1.165, 1.54) is 7.11 Å². The first-order chi connectivity index (χ1) is 9.85.